The molecule has 29 heavy (non-hydrogen) atoms. The van der Waals surface area contributed by atoms with Gasteiger partial charge in [-0.2, -0.15) is 0 Å². The smallest absolute Gasteiger partial charge is 0.291 e. The number of anilines is 1. The maximum Gasteiger partial charge on any atom is 0.291 e. The maximum atomic E-state index is 12.8. The Morgan fingerprint density at radius 2 is 1.93 bits per heavy atom. The van der Waals surface area contributed by atoms with Gasteiger partial charge in [0.25, 0.3) is 5.91 Å². The number of aryl methyl sites for hydroxylation is 1. The lowest BCUT2D eigenvalue weighted by Gasteiger charge is -2.05. The number of para-hydroxylation sites is 1. The molecule has 0 unspecified atom stereocenters. The van der Waals surface area contributed by atoms with E-state index in [1.165, 1.54) is 0 Å². The number of amides is 1. The van der Waals surface area contributed by atoms with Gasteiger partial charge in [0, 0.05) is 27.2 Å². The van der Waals surface area contributed by atoms with Crippen molar-refractivity contribution in [3.8, 4) is 10.6 Å². The van der Waals surface area contributed by atoms with Crippen LogP contribution in [0.15, 0.2) is 71.1 Å². The number of aromatic nitrogens is 1. The van der Waals surface area contributed by atoms with Crippen molar-refractivity contribution in [3.63, 3.8) is 0 Å². The summed E-state index contributed by atoms with van der Waals surface area (Å²) in [5.41, 5.74) is 4.02. The Morgan fingerprint density at radius 3 is 2.79 bits per heavy atom. The molecular weight excluding hydrogens is 404 g/mol. The standard InChI is InChI=1S/C23H15ClN2O2S/c1-13-17-12-15(24)9-10-19(17)28-21(13)22(27)25-16-6-4-5-14(11-16)23-26-18-7-2-3-8-20(18)29-23/h2-12H,1H3,(H,25,27). The van der Waals surface area contributed by atoms with E-state index in [9.17, 15) is 4.79 Å². The molecule has 0 spiro atoms. The van der Waals surface area contributed by atoms with Gasteiger partial charge >= 0.3 is 0 Å². The van der Waals surface area contributed by atoms with E-state index in [1.807, 2.05) is 49.4 Å². The largest absolute Gasteiger partial charge is 0.451 e. The highest BCUT2D eigenvalue weighted by atomic mass is 35.5. The first-order chi connectivity index (χ1) is 14.1. The molecule has 2 heterocycles. The highest BCUT2D eigenvalue weighted by Crippen LogP contribution is 2.32. The van der Waals surface area contributed by atoms with E-state index in [0.717, 1.165) is 31.7 Å². The van der Waals surface area contributed by atoms with Crippen molar-refractivity contribution in [2.45, 2.75) is 6.92 Å². The maximum absolute atomic E-state index is 12.8. The second-order valence-corrected chi connectivity index (χ2v) is 8.19. The predicted octanol–water partition coefficient (Wildman–Crippen LogP) is 6.92. The second kappa shape index (κ2) is 7.03. The van der Waals surface area contributed by atoms with E-state index >= 15 is 0 Å². The van der Waals surface area contributed by atoms with Crippen molar-refractivity contribution in [3.05, 3.63) is 83.1 Å². The predicted molar refractivity (Wildman–Crippen MR) is 119 cm³/mol. The molecule has 0 aliphatic heterocycles. The Bertz CT molecular complexity index is 1350. The van der Waals surface area contributed by atoms with Crippen LogP contribution in [-0.2, 0) is 0 Å². The van der Waals surface area contributed by atoms with Crippen molar-refractivity contribution >= 4 is 55.7 Å². The molecule has 0 aliphatic carbocycles. The first-order valence-corrected chi connectivity index (χ1v) is 10.2. The molecule has 1 N–H and O–H groups in total. The highest BCUT2D eigenvalue weighted by molar-refractivity contribution is 7.21. The summed E-state index contributed by atoms with van der Waals surface area (Å²) in [7, 11) is 0. The van der Waals surface area contributed by atoms with Crippen LogP contribution < -0.4 is 5.32 Å². The van der Waals surface area contributed by atoms with E-state index in [-0.39, 0.29) is 11.7 Å². The first kappa shape index (κ1) is 17.9. The lowest BCUT2D eigenvalue weighted by atomic mass is 10.1. The number of halogens is 1. The number of hydrogen-bond acceptors (Lipinski definition) is 4. The molecule has 3 aromatic carbocycles. The van der Waals surface area contributed by atoms with E-state index < -0.39 is 0 Å². The van der Waals surface area contributed by atoms with Crippen LogP contribution in [0.3, 0.4) is 0 Å². The van der Waals surface area contributed by atoms with Crippen LogP contribution in [-0.4, -0.2) is 10.9 Å². The number of carbonyl (C=O) groups excluding carboxylic acids is 1. The van der Waals surface area contributed by atoms with Gasteiger partial charge in [-0.15, -0.1) is 11.3 Å². The lowest BCUT2D eigenvalue weighted by molar-refractivity contribution is 0.0998. The van der Waals surface area contributed by atoms with Crippen LogP contribution in [0.1, 0.15) is 16.1 Å². The summed E-state index contributed by atoms with van der Waals surface area (Å²) in [5, 5.41) is 5.29. The van der Waals surface area contributed by atoms with Gasteiger partial charge in [0.15, 0.2) is 5.76 Å². The zero-order valence-electron chi connectivity index (χ0n) is 15.4. The molecule has 0 saturated heterocycles. The topological polar surface area (TPSA) is 55.1 Å². The molecule has 5 aromatic rings. The molecule has 0 saturated carbocycles. The van der Waals surface area contributed by atoms with Crippen molar-refractivity contribution in [1.29, 1.82) is 0 Å². The van der Waals surface area contributed by atoms with Crippen LogP contribution in [0.4, 0.5) is 5.69 Å². The van der Waals surface area contributed by atoms with E-state index in [4.69, 9.17) is 16.0 Å². The Labute approximate surface area is 175 Å². The molecule has 4 nitrogen and oxygen atoms in total. The first-order valence-electron chi connectivity index (χ1n) is 9.04. The summed E-state index contributed by atoms with van der Waals surface area (Å²) in [5.74, 6) is -0.0103. The number of nitrogens with one attached hydrogen (secondary N) is 1. The fourth-order valence-electron chi connectivity index (χ4n) is 3.32. The minimum Gasteiger partial charge on any atom is -0.451 e. The zero-order chi connectivity index (χ0) is 20.0. The molecule has 6 heteroatoms. The summed E-state index contributed by atoms with van der Waals surface area (Å²) in [4.78, 5) is 17.5. The number of carbonyl (C=O) groups is 1. The lowest BCUT2D eigenvalue weighted by Crippen LogP contribution is -2.12. The second-order valence-electron chi connectivity index (χ2n) is 6.72. The van der Waals surface area contributed by atoms with Gasteiger partial charge in [0.05, 0.1) is 10.2 Å². The molecule has 0 radical (unpaired) electrons. The Hall–Kier alpha value is -3.15. The molecule has 142 valence electrons. The molecule has 0 fully saturated rings. The average molecular weight is 419 g/mol. The molecule has 0 bridgehead atoms. The van der Waals surface area contributed by atoms with Gasteiger partial charge < -0.3 is 9.73 Å². The van der Waals surface area contributed by atoms with Crippen LogP contribution in [0, 0.1) is 6.92 Å². The zero-order valence-corrected chi connectivity index (χ0v) is 17.0. The van der Waals surface area contributed by atoms with Gasteiger partial charge in [-0.25, -0.2) is 4.98 Å². The molecule has 5 rings (SSSR count). The third-order valence-corrected chi connectivity index (χ3v) is 6.09. The highest BCUT2D eigenvalue weighted by Gasteiger charge is 2.18. The van der Waals surface area contributed by atoms with Crippen LogP contribution in [0.2, 0.25) is 5.02 Å². The number of furan rings is 1. The Balaban J connectivity index is 1.46. The number of thiazole rings is 1. The Morgan fingerprint density at radius 1 is 1.07 bits per heavy atom. The minimum atomic E-state index is -0.295. The van der Waals surface area contributed by atoms with E-state index in [2.05, 4.69) is 16.4 Å². The van der Waals surface area contributed by atoms with E-state index in [0.29, 0.717) is 16.3 Å². The summed E-state index contributed by atoms with van der Waals surface area (Å²) >= 11 is 7.69. The SMILES string of the molecule is Cc1c(C(=O)Nc2cccc(-c3nc4ccccc4s3)c2)oc2ccc(Cl)cc12. The van der Waals surface area contributed by atoms with Gasteiger partial charge in [-0.05, 0) is 49.4 Å². The summed E-state index contributed by atoms with van der Waals surface area (Å²) in [6.07, 6.45) is 0. The summed E-state index contributed by atoms with van der Waals surface area (Å²) < 4.78 is 6.89. The van der Waals surface area contributed by atoms with Crippen LogP contribution in [0.25, 0.3) is 31.8 Å². The van der Waals surface area contributed by atoms with Gasteiger partial charge in [0.1, 0.15) is 10.6 Å². The van der Waals surface area contributed by atoms with Gasteiger partial charge in [-0.1, -0.05) is 35.9 Å². The number of hydrogen-bond donors (Lipinski definition) is 1. The van der Waals surface area contributed by atoms with Gasteiger partial charge in [0.2, 0.25) is 0 Å². The van der Waals surface area contributed by atoms with E-state index in [1.54, 1.807) is 29.5 Å². The van der Waals surface area contributed by atoms with Crippen molar-refractivity contribution in [2.24, 2.45) is 0 Å². The number of rotatable bonds is 3. The minimum absolute atomic E-state index is 0.285. The van der Waals surface area contributed by atoms with Gasteiger partial charge in [-0.3, -0.25) is 4.79 Å². The van der Waals surface area contributed by atoms with Crippen molar-refractivity contribution in [2.75, 3.05) is 5.32 Å². The average Bonchev–Trinajstić information content (AvgIpc) is 3.30. The van der Waals surface area contributed by atoms with Crippen LogP contribution >= 0.6 is 22.9 Å². The monoisotopic (exact) mass is 418 g/mol. The number of nitrogens with zero attached hydrogens (tertiary/aromatic N) is 1. The third kappa shape index (κ3) is 3.28. The van der Waals surface area contributed by atoms with Crippen molar-refractivity contribution < 1.29 is 9.21 Å². The third-order valence-electron chi connectivity index (χ3n) is 4.77. The van der Waals surface area contributed by atoms with Crippen LogP contribution in [0.5, 0.6) is 0 Å². The fourth-order valence-corrected chi connectivity index (χ4v) is 4.46. The number of benzene rings is 3. The Kier molecular flexibility index (Phi) is 4.34. The van der Waals surface area contributed by atoms with Crippen molar-refractivity contribution in [1.82, 2.24) is 4.98 Å². The molecule has 1 amide bonds. The number of fused-ring (bicyclic) bond motifs is 2. The summed E-state index contributed by atoms with van der Waals surface area (Å²) in [6, 6.07) is 21.0. The quantitative estimate of drug-likeness (QED) is 0.346. The molecule has 2 aromatic heterocycles. The normalized spacial score (nSPS) is 11.2. The molecule has 0 atom stereocenters. The molecule has 0 aliphatic rings. The molecular formula is C23H15ClN2O2S. The summed E-state index contributed by atoms with van der Waals surface area (Å²) in [6.45, 7) is 1.86. The fraction of sp³-hybridized carbons (Fsp3) is 0.0435.